The first kappa shape index (κ1) is 16.9. The van der Waals surface area contributed by atoms with Gasteiger partial charge in [-0.1, -0.05) is 0 Å². The van der Waals surface area contributed by atoms with Crippen LogP contribution in [0.5, 0.6) is 0 Å². The number of hydrogen-bond donors (Lipinski definition) is 2. The molecule has 2 aromatic carbocycles. The van der Waals surface area contributed by atoms with Crippen molar-refractivity contribution in [3.63, 3.8) is 0 Å². The number of sulfonamides is 1. The minimum absolute atomic E-state index is 0.0324. The fourth-order valence-corrected chi connectivity index (χ4v) is 3.51. The molecule has 0 atom stereocenters. The zero-order chi connectivity index (χ0) is 17.6. The van der Waals surface area contributed by atoms with Crippen LogP contribution in [-0.2, 0) is 16.4 Å². The highest BCUT2D eigenvalue weighted by Gasteiger charge is 2.24. The number of benzene rings is 2. The molecular formula is C16H13F2NO3S2. The fraction of sp³-hybridized carbons (Fsp3) is 0.188. The summed E-state index contributed by atoms with van der Waals surface area (Å²) < 4.78 is 53.4. The maximum absolute atomic E-state index is 14.4. The first-order chi connectivity index (χ1) is 11.2. The Morgan fingerprint density at radius 1 is 1.08 bits per heavy atom. The number of rotatable bonds is 3. The van der Waals surface area contributed by atoms with Gasteiger partial charge in [0.05, 0.1) is 16.8 Å². The van der Waals surface area contributed by atoms with E-state index in [1.165, 1.54) is 18.2 Å². The van der Waals surface area contributed by atoms with E-state index in [9.17, 15) is 22.0 Å². The van der Waals surface area contributed by atoms with Gasteiger partial charge in [0.2, 0.25) is 10.0 Å². The van der Waals surface area contributed by atoms with Crippen molar-refractivity contribution in [1.82, 2.24) is 0 Å². The van der Waals surface area contributed by atoms with Crippen LogP contribution in [0.2, 0.25) is 0 Å². The van der Waals surface area contributed by atoms with Gasteiger partial charge in [-0.25, -0.2) is 17.2 Å². The SMILES string of the molecule is CS(=O)(=O)Nc1cc2c(cc1-c1ccc(F)c(S)c1F)C(=O)CC2. The average molecular weight is 369 g/mol. The summed E-state index contributed by atoms with van der Waals surface area (Å²) in [5.41, 5.74) is 1.40. The molecule has 0 aromatic heterocycles. The van der Waals surface area contributed by atoms with Crippen molar-refractivity contribution >= 4 is 34.1 Å². The van der Waals surface area contributed by atoms with E-state index in [-0.39, 0.29) is 22.6 Å². The van der Waals surface area contributed by atoms with Crippen LogP contribution < -0.4 is 4.72 Å². The normalized spacial score (nSPS) is 13.9. The Kier molecular flexibility index (Phi) is 4.13. The predicted octanol–water partition coefficient (Wildman–Crippen LogP) is 3.42. The fourth-order valence-electron chi connectivity index (χ4n) is 2.75. The third-order valence-corrected chi connectivity index (χ3v) is 4.82. The lowest BCUT2D eigenvalue weighted by molar-refractivity contribution is 0.0994. The molecule has 0 saturated carbocycles. The summed E-state index contributed by atoms with van der Waals surface area (Å²) in [6.07, 6.45) is 1.79. The van der Waals surface area contributed by atoms with E-state index < -0.39 is 26.6 Å². The highest BCUT2D eigenvalue weighted by atomic mass is 32.2. The summed E-state index contributed by atoms with van der Waals surface area (Å²) in [6.45, 7) is 0. The van der Waals surface area contributed by atoms with E-state index in [2.05, 4.69) is 17.4 Å². The molecule has 1 aliphatic carbocycles. The number of fused-ring (bicyclic) bond motifs is 1. The van der Waals surface area contributed by atoms with E-state index in [0.717, 1.165) is 12.3 Å². The Labute approximate surface area is 143 Å². The Balaban J connectivity index is 2.28. The van der Waals surface area contributed by atoms with Crippen molar-refractivity contribution in [2.75, 3.05) is 11.0 Å². The average Bonchev–Trinajstić information content (AvgIpc) is 2.84. The summed E-state index contributed by atoms with van der Waals surface area (Å²) in [6, 6.07) is 5.21. The molecule has 0 spiro atoms. The topological polar surface area (TPSA) is 63.2 Å². The maximum atomic E-state index is 14.4. The van der Waals surface area contributed by atoms with E-state index in [1.54, 1.807) is 0 Å². The minimum atomic E-state index is -3.62. The molecule has 0 aliphatic heterocycles. The number of nitrogens with one attached hydrogen (secondary N) is 1. The second-order valence-corrected chi connectivity index (χ2v) is 7.81. The number of anilines is 1. The second-order valence-electron chi connectivity index (χ2n) is 5.61. The van der Waals surface area contributed by atoms with Crippen molar-refractivity contribution in [2.24, 2.45) is 0 Å². The number of carbonyl (C=O) groups excluding carboxylic acids is 1. The molecular weight excluding hydrogens is 356 g/mol. The number of Topliss-reactive ketones (excluding diaryl/α,β-unsaturated/α-hetero) is 1. The molecule has 0 amide bonds. The van der Waals surface area contributed by atoms with Crippen molar-refractivity contribution < 1.29 is 22.0 Å². The zero-order valence-corrected chi connectivity index (χ0v) is 14.3. The number of hydrogen-bond acceptors (Lipinski definition) is 4. The number of ketones is 1. The molecule has 8 heteroatoms. The van der Waals surface area contributed by atoms with Crippen LogP contribution >= 0.6 is 12.6 Å². The van der Waals surface area contributed by atoms with Crippen molar-refractivity contribution in [3.05, 3.63) is 47.0 Å². The minimum Gasteiger partial charge on any atom is -0.294 e. The standard InChI is InChI=1S/C16H13F2NO3S2/c1-24(21,22)19-13-6-8-2-5-14(20)10(8)7-11(13)9-3-4-12(17)16(23)15(9)18/h3-4,6-7,19,23H,2,5H2,1H3. The molecule has 4 nitrogen and oxygen atoms in total. The Hall–Kier alpha value is -1.93. The van der Waals surface area contributed by atoms with Gasteiger partial charge in [0.25, 0.3) is 0 Å². The molecule has 1 aliphatic rings. The van der Waals surface area contributed by atoms with Gasteiger partial charge in [0.15, 0.2) is 5.78 Å². The molecule has 0 fully saturated rings. The summed E-state index contributed by atoms with van der Waals surface area (Å²) in [5.74, 6) is -1.83. The molecule has 126 valence electrons. The molecule has 0 heterocycles. The number of thiol groups is 1. The van der Waals surface area contributed by atoms with Crippen LogP contribution in [0, 0.1) is 11.6 Å². The van der Waals surface area contributed by atoms with Gasteiger partial charge >= 0.3 is 0 Å². The van der Waals surface area contributed by atoms with Gasteiger partial charge in [0.1, 0.15) is 11.6 Å². The van der Waals surface area contributed by atoms with E-state index in [1.807, 2.05) is 0 Å². The largest absolute Gasteiger partial charge is 0.294 e. The van der Waals surface area contributed by atoms with Crippen LogP contribution in [0.25, 0.3) is 11.1 Å². The maximum Gasteiger partial charge on any atom is 0.229 e. The Morgan fingerprint density at radius 3 is 2.46 bits per heavy atom. The Bertz CT molecular complexity index is 972. The monoisotopic (exact) mass is 369 g/mol. The lowest BCUT2D eigenvalue weighted by Crippen LogP contribution is -2.11. The molecule has 3 rings (SSSR count). The van der Waals surface area contributed by atoms with E-state index in [0.29, 0.717) is 24.0 Å². The van der Waals surface area contributed by atoms with Crippen LogP contribution in [0.3, 0.4) is 0 Å². The van der Waals surface area contributed by atoms with E-state index >= 15 is 0 Å². The molecule has 0 radical (unpaired) electrons. The summed E-state index contributed by atoms with van der Waals surface area (Å²) in [5, 5.41) is 0. The van der Waals surface area contributed by atoms with E-state index in [4.69, 9.17) is 0 Å². The highest BCUT2D eigenvalue weighted by Crippen LogP contribution is 2.38. The summed E-state index contributed by atoms with van der Waals surface area (Å²) in [4.78, 5) is 11.5. The number of carbonyl (C=O) groups is 1. The third-order valence-electron chi connectivity index (χ3n) is 3.82. The lowest BCUT2D eigenvalue weighted by atomic mass is 9.98. The number of halogens is 2. The summed E-state index contributed by atoms with van der Waals surface area (Å²) >= 11 is 3.80. The summed E-state index contributed by atoms with van der Waals surface area (Å²) in [7, 11) is -3.62. The molecule has 2 aromatic rings. The van der Waals surface area contributed by atoms with Crippen LogP contribution in [0.1, 0.15) is 22.3 Å². The zero-order valence-electron chi connectivity index (χ0n) is 12.6. The van der Waals surface area contributed by atoms with Crippen LogP contribution in [0.4, 0.5) is 14.5 Å². The van der Waals surface area contributed by atoms with Gasteiger partial charge in [-0.15, -0.1) is 12.6 Å². The molecule has 0 unspecified atom stereocenters. The number of aryl methyl sites for hydroxylation is 1. The molecule has 24 heavy (non-hydrogen) atoms. The quantitative estimate of drug-likeness (QED) is 0.815. The van der Waals surface area contributed by atoms with Gasteiger partial charge in [0, 0.05) is 23.1 Å². The Morgan fingerprint density at radius 2 is 1.79 bits per heavy atom. The second kappa shape index (κ2) is 5.86. The molecule has 0 saturated heterocycles. The predicted molar refractivity (Wildman–Crippen MR) is 90.2 cm³/mol. The highest BCUT2D eigenvalue weighted by molar-refractivity contribution is 7.92. The van der Waals surface area contributed by atoms with Crippen molar-refractivity contribution in [2.45, 2.75) is 17.7 Å². The molecule has 0 bridgehead atoms. The van der Waals surface area contributed by atoms with Crippen molar-refractivity contribution in [1.29, 1.82) is 0 Å². The third kappa shape index (κ3) is 3.03. The molecule has 1 N–H and O–H groups in total. The lowest BCUT2D eigenvalue weighted by Gasteiger charge is -2.15. The van der Waals surface area contributed by atoms with Gasteiger partial charge in [-0.2, -0.15) is 0 Å². The van der Waals surface area contributed by atoms with Gasteiger partial charge < -0.3 is 0 Å². The van der Waals surface area contributed by atoms with Gasteiger partial charge in [-0.3, -0.25) is 9.52 Å². The first-order valence-corrected chi connectivity index (χ1v) is 9.36. The first-order valence-electron chi connectivity index (χ1n) is 7.02. The van der Waals surface area contributed by atoms with Crippen LogP contribution in [-0.4, -0.2) is 20.5 Å². The van der Waals surface area contributed by atoms with Crippen LogP contribution in [0.15, 0.2) is 29.2 Å². The smallest absolute Gasteiger partial charge is 0.229 e. The van der Waals surface area contributed by atoms with Gasteiger partial charge in [-0.05, 0) is 36.2 Å². The van der Waals surface area contributed by atoms with Crippen molar-refractivity contribution in [3.8, 4) is 11.1 Å².